The van der Waals surface area contributed by atoms with Crippen LogP contribution in [0.3, 0.4) is 0 Å². The molecule has 1 aliphatic rings. The Hall–Kier alpha value is -2.89. The summed E-state index contributed by atoms with van der Waals surface area (Å²) < 4.78 is 18.4. The van der Waals surface area contributed by atoms with Gasteiger partial charge in [0.15, 0.2) is 6.61 Å². The average molecular weight is 353 g/mol. The molecule has 0 bridgehead atoms. The summed E-state index contributed by atoms with van der Waals surface area (Å²) in [6, 6.07) is 9.78. The fourth-order valence-corrected chi connectivity index (χ4v) is 3.44. The van der Waals surface area contributed by atoms with Crippen molar-refractivity contribution in [2.24, 2.45) is 0 Å². The summed E-state index contributed by atoms with van der Waals surface area (Å²) >= 11 is 0. The zero-order valence-corrected chi connectivity index (χ0v) is 14.3. The molecule has 2 aromatic heterocycles. The van der Waals surface area contributed by atoms with Crippen LogP contribution in [0.25, 0.3) is 10.9 Å². The number of carbonyl (C=O) groups is 1. The van der Waals surface area contributed by atoms with Crippen LogP contribution < -0.4 is 4.74 Å². The van der Waals surface area contributed by atoms with Gasteiger partial charge in [0.05, 0.1) is 0 Å². The van der Waals surface area contributed by atoms with Crippen LogP contribution in [-0.4, -0.2) is 40.5 Å². The van der Waals surface area contributed by atoms with E-state index in [0.717, 1.165) is 36.0 Å². The minimum atomic E-state index is -0.323. The predicted molar refractivity (Wildman–Crippen MR) is 96.5 cm³/mol. The van der Waals surface area contributed by atoms with Gasteiger partial charge in [-0.1, -0.05) is 0 Å². The Morgan fingerprint density at radius 1 is 1.31 bits per heavy atom. The molecule has 0 aliphatic carbocycles. The van der Waals surface area contributed by atoms with Gasteiger partial charge in [-0.15, -0.1) is 0 Å². The van der Waals surface area contributed by atoms with Gasteiger partial charge >= 0.3 is 0 Å². The van der Waals surface area contributed by atoms with Crippen LogP contribution in [0.15, 0.2) is 48.8 Å². The summed E-state index contributed by atoms with van der Waals surface area (Å²) in [7, 11) is 0. The number of benzene rings is 1. The highest BCUT2D eigenvalue weighted by Crippen LogP contribution is 2.28. The molecular weight excluding hydrogens is 333 g/mol. The first kappa shape index (κ1) is 16.6. The molecule has 1 aromatic carbocycles. The van der Waals surface area contributed by atoms with E-state index in [-0.39, 0.29) is 24.2 Å². The van der Waals surface area contributed by atoms with Crippen molar-refractivity contribution in [1.82, 2.24) is 14.9 Å². The van der Waals surface area contributed by atoms with Crippen LogP contribution in [0, 0.1) is 5.82 Å². The van der Waals surface area contributed by atoms with Crippen LogP contribution in [0.2, 0.25) is 0 Å². The van der Waals surface area contributed by atoms with Gasteiger partial charge in [0.2, 0.25) is 0 Å². The van der Waals surface area contributed by atoms with Crippen LogP contribution >= 0.6 is 0 Å². The number of nitrogens with zero attached hydrogens (tertiary/aromatic N) is 2. The molecule has 3 aromatic rings. The highest BCUT2D eigenvalue weighted by atomic mass is 19.1. The highest BCUT2D eigenvalue weighted by molar-refractivity contribution is 5.80. The van der Waals surface area contributed by atoms with Crippen molar-refractivity contribution in [2.75, 3.05) is 19.7 Å². The number of amides is 1. The van der Waals surface area contributed by atoms with Crippen molar-refractivity contribution in [3.8, 4) is 5.75 Å². The number of hydrogen-bond donors (Lipinski definition) is 1. The monoisotopic (exact) mass is 353 g/mol. The molecule has 5 nitrogen and oxygen atoms in total. The lowest BCUT2D eigenvalue weighted by atomic mass is 9.95. The fourth-order valence-electron chi connectivity index (χ4n) is 3.44. The van der Waals surface area contributed by atoms with Crippen molar-refractivity contribution < 1.29 is 13.9 Å². The van der Waals surface area contributed by atoms with Crippen molar-refractivity contribution in [2.45, 2.75) is 18.8 Å². The molecule has 134 valence electrons. The zero-order valence-electron chi connectivity index (χ0n) is 14.3. The number of aromatic nitrogens is 2. The van der Waals surface area contributed by atoms with E-state index >= 15 is 0 Å². The largest absolute Gasteiger partial charge is 0.484 e. The number of hydrogen-bond acceptors (Lipinski definition) is 3. The summed E-state index contributed by atoms with van der Waals surface area (Å²) in [6.07, 6.45) is 5.62. The van der Waals surface area contributed by atoms with Gasteiger partial charge in [-0.3, -0.25) is 9.78 Å². The normalized spacial score (nSPS) is 17.4. The molecule has 1 aliphatic heterocycles. The standard InChI is InChI=1S/C20H20FN3O2/c21-16-3-5-17(6-4-16)26-13-20(25)24-9-1-2-14(12-24)19-10-15-11-22-8-7-18(15)23-19/h3-8,10-11,14,23H,1-2,9,12-13H2/t14-/m1/s1. The highest BCUT2D eigenvalue weighted by Gasteiger charge is 2.26. The third kappa shape index (κ3) is 3.54. The van der Waals surface area contributed by atoms with Gasteiger partial charge in [-0.05, 0) is 49.2 Å². The number of fused-ring (bicyclic) bond motifs is 1. The number of piperidine rings is 1. The average Bonchev–Trinajstić information content (AvgIpc) is 3.12. The summed E-state index contributed by atoms with van der Waals surface area (Å²) in [6.45, 7) is 1.38. The zero-order chi connectivity index (χ0) is 17.9. The number of ether oxygens (including phenoxy) is 1. The predicted octanol–water partition coefficient (Wildman–Crippen LogP) is 3.49. The summed E-state index contributed by atoms with van der Waals surface area (Å²) in [5.41, 5.74) is 2.21. The second-order valence-corrected chi connectivity index (χ2v) is 6.61. The molecule has 6 heteroatoms. The van der Waals surface area contributed by atoms with Crippen LogP contribution in [0.5, 0.6) is 5.75 Å². The Balaban J connectivity index is 1.39. The van der Waals surface area contributed by atoms with E-state index < -0.39 is 0 Å². The third-order valence-electron chi connectivity index (χ3n) is 4.83. The molecule has 26 heavy (non-hydrogen) atoms. The van der Waals surface area contributed by atoms with E-state index in [9.17, 15) is 9.18 Å². The number of H-pyrrole nitrogens is 1. The number of rotatable bonds is 4. The number of halogens is 1. The first-order valence-corrected chi connectivity index (χ1v) is 8.78. The van der Waals surface area contributed by atoms with E-state index in [1.807, 2.05) is 17.2 Å². The Labute approximate surface area is 150 Å². The summed E-state index contributed by atoms with van der Waals surface area (Å²) in [4.78, 5) is 21.9. The molecule has 1 atom stereocenters. The Morgan fingerprint density at radius 2 is 2.15 bits per heavy atom. The van der Waals surface area contributed by atoms with Gasteiger partial charge in [0, 0.05) is 48.0 Å². The van der Waals surface area contributed by atoms with Gasteiger partial charge < -0.3 is 14.6 Å². The smallest absolute Gasteiger partial charge is 0.260 e. The summed E-state index contributed by atoms with van der Waals surface area (Å²) in [5, 5.41) is 1.09. The molecule has 4 rings (SSSR count). The Kier molecular flexibility index (Phi) is 4.56. The molecule has 0 radical (unpaired) electrons. The van der Waals surface area contributed by atoms with Gasteiger partial charge in [0.25, 0.3) is 5.91 Å². The molecule has 0 spiro atoms. The second-order valence-electron chi connectivity index (χ2n) is 6.61. The maximum Gasteiger partial charge on any atom is 0.260 e. The number of pyridine rings is 1. The number of aromatic amines is 1. The first-order valence-electron chi connectivity index (χ1n) is 8.78. The third-order valence-corrected chi connectivity index (χ3v) is 4.83. The molecule has 1 saturated heterocycles. The lowest BCUT2D eigenvalue weighted by Crippen LogP contribution is -2.41. The minimum absolute atomic E-state index is 0.0328. The maximum atomic E-state index is 12.9. The fraction of sp³-hybridized carbons (Fsp3) is 0.300. The van der Waals surface area contributed by atoms with Crippen LogP contribution in [-0.2, 0) is 4.79 Å². The lowest BCUT2D eigenvalue weighted by molar-refractivity contribution is -0.134. The quantitative estimate of drug-likeness (QED) is 0.781. The number of nitrogens with one attached hydrogen (secondary N) is 1. The van der Waals surface area contributed by atoms with Crippen LogP contribution in [0.4, 0.5) is 4.39 Å². The van der Waals surface area contributed by atoms with Crippen LogP contribution in [0.1, 0.15) is 24.5 Å². The van der Waals surface area contributed by atoms with E-state index in [1.165, 1.54) is 24.3 Å². The second kappa shape index (κ2) is 7.15. The van der Waals surface area contributed by atoms with Crippen molar-refractivity contribution >= 4 is 16.8 Å². The number of carbonyl (C=O) groups excluding carboxylic acids is 1. The molecule has 1 N–H and O–H groups in total. The minimum Gasteiger partial charge on any atom is -0.484 e. The van der Waals surface area contributed by atoms with E-state index in [1.54, 1.807) is 6.20 Å². The molecular formula is C20H20FN3O2. The summed E-state index contributed by atoms with van der Waals surface area (Å²) in [5.74, 6) is 0.412. The van der Waals surface area contributed by atoms with E-state index in [4.69, 9.17) is 4.74 Å². The SMILES string of the molecule is O=C(COc1ccc(F)cc1)N1CCC[C@@H](c2cc3cnccc3[nH]2)C1. The Bertz CT molecular complexity index is 874. The number of likely N-dealkylation sites (tertiary alicyclic amines) is 1. The molecule has 1 fully saturated rings. The lowest BCUT2D eigenvalue weighted by Gasteiger charge is -2.32. The van der Waals surface area contributed by atoms with Crippen molar-refractivity contribution in [3.63, 3.8) is 0 Å². The van der Waals surface area contributed by atoms with Gasteiger partial charge in [0.1, 0.15) is 11.6 Å². The topological polar surface area (TPSA) is 58.2 Å². The molecule has 0 saturated carbocycles. The van der Waals surface area contributed by atoms with Gasteiger partial charge in [-0.2, -0.15) is 0 Å². The molecule has 1 amide bonds. The Morgan fingerprint density at radius 3 is 2.96 bits per heavy atom. The maximum absolute atomic E-state index is 12.9. The molecule has 3 heterocycles. The van der Waals surface area contributed by atoms with Gasteiger partial charge in [-0.25, -0.2) is 4.39 Å². The molecule has 0 unspecified atom stereocenters. The van der Waals surface area contributed by atoms with Crippen molar-refractivity contribution in [1.29, 1.82) is 0 Å². The first-order chi connectivity index (χ1) is 12.7. The van der Waals surface area contributed by atoms with Crippen molar-refractivity contribution in [3.05, 3.63) is 60.3 Å². The van der Waals surface area contributed by atoms with E-state index in [2.05, 4.69) is 16.0 Å². The van der Waals surface area contributed by atoms with E-state index in [0.29, 0.717) is 12.3 Å².